The van der Waals surface area contributed by atoms with Gasteiger partial charge >= 0.3 is 0 Å². The smallest absolute Gasteiger partial charge is 0.267 e. The van der Waals surface area contributed by atoms with E-state index < -0.39 is 0 Å². The molecule has 9 nitrogen and oxygen atoms in total. The van der Waals surface area contributed by atoms with E-state index in [4.69, 9.17) is 4.98 Å². The molecular formula is C28H24N8OS. The van der Waals surface area contributed by atoms with Gasteiger partial charge in [-0.05, 0) is 73.3 Å². The summed E-state index contributed by atoms with van der Waals surface area (Å²) in [5.41, 5.74) is 5.18. The van der Waals surface area contributed by atoms with E-state index in [9.17, 15) is 4.79 Å². The van der Waals surface area contributed by atoms with Crippen LogP contribution in [0.15, 0.2) is 77.1 Å². The highest BCUT2D eigenvalue weighted by Gasteiger charge is 2.26. The van der Waals surface area contributed by atoms with Crippen molar-refractivity contribution in [1.82, 2.24) is 38.9 Å². The van der Waals surface area contributed by atoms with E-state index in [0.717, 1.165) is 22.5 Å². The maximum Gasteiger partial charge on any atom is 0.267 e. The summed E-state index contributed by atoms with van der Waals surface area (Å²) in [6.45, 7) is 4.12. The number of fused-ring (bicyclic) bond motifs is 1. The Balaban J connectivity index is 1.38. The zero-order valence-corrected chi connectivity index (χ0v) is 21.7. The Bertz CT molecular complexity index is 1840. The standard InChI is InChI=1S/C28H24N8OS/c1-17(2)35-16-31-33-27(35)22-4-3-5-26(32-22)36-15-30-23-10-20(19-8-9-38-13-19)25(11-21(23)28(36)37)34-12-24(29-14-34)18-6-7-18/h3-5,8-18H,6-7H2,1-2H3. The zero-order chi connectivity index (χ0) is 25.8. The summed E-state index contributed by atoms with van der Waals surface area (Å²) in [6.07, 6.45) is 9.52. The van der Waals surface area contributed by atoms with E-state index >= 15 is 0 Å². The van der Waals surface area contributed by atoms with E-state index in [2.05, 4.69) is 57.0 Å². The normalized spacial score (nSPS) is 13.6. The molecule has 1 aliphatic carbocycles. The van der Waals surface area contributed by atoms with E-state index in [1.807, 2.05) is 39.7 Å². The quantitative estimate of drug-likeness (QED) is 0.291. The molecule has 5 heterocycles. The van der Waals surface area contributed by atoms with Crippen LogP contribution in [0, 0.1) is 0 Å². The molecule has 1 aliphatic rings. The summed E-state index contributed by atoms with van der Waals surface area (Å²) in [7, 11) is 0. The molecule has 0 radical (unpaired) electrons. The van der Waals surface area contributed by atoms with Crippen molar-refractivity contribution in [3.8, 4) is 34.2 Å². The molecule has 1 aromatic carbocycles. The molecule has 7 rings (SSSR count). The average Bonchev–Trinajstić information content (AvgIpc) is 3.34. The molecule has 0 bridgehead atoms. The molecule has 38 heavy (non-hydrogen) atoms. The largest absolute Gasteiger partial charge is 0.310 e. The fourth-order valence-corrected chi connectivity index (χ4v) is 5.38. The van der Waals surface area contributed by atoms with Crippen LogP contribution in [0.2, 0.25) is 0 Å². The summed E-state index contributed by atoms with van der Waals surface area (Å²) >= 11 is 1.64. The van der Waals surface area contributed by atoms with E-state index in [1.165, 1.54) is 17.4 Å². The molecule has 5 aromatic heterocycles. The van der Waals surface area contributed by atoms with Crippen molar-refractivity contribution < 1.29 is 0 Å². The van der Waals surface area contributed by atoms with Crippen molar-refractivity contribution >= 4 is 22.2 Å². The van der Waals surface area contributed by atoms with Gasteiger partial charge < -0.3 is 9.13 Å². The van der Waals surface area contributed by atoms with Gasteiger partial charge in [0, 0.05) is 23.7 Å². The second-order valence-electron chi connectivity index (χ2n) is 9.83. The number of hydrogen-bond donors (Lipinski definition) is 0. The zero-order valence-electron chi connectivity index (χ0n) is 20.9. The maximum absolute atomic E-state index is 13.8. The Kier molecular flexibility index (Phi) is 5.29. The second kappa shape index (κ2) is 8.84. The maximum atomic E-state index is 13.8. The molecule has 6 aromatic rings. The van der Waals surface area contributed by atoms with Gasteiger partial charge in [0.15, 0.2) is 5.82 Å². The summed E-state index contributed by atoms with van der Waals surface area (Å²) in [5.74, 6) is 1.67. The lowest BCUT2D eigenvalue weighted by Gasteiger charge is -2.13. The topological polar surface area (TPSA) is 96.3 Å². The first-order chi connectivity index (χ1) is 18.6. The van der Waals surface area contributed by atoms with Gasteiger partial charge in [0.2, 0.25) is 0 Å². The number of nitrogens with zero attached hydrogens (tertiary/aromatic N) is 8. The van der Waals surface area contributed by atoms with Crippen LogP contribution in [-0.4, -0.2) is 38.9 Å². The number of pyridine rings is 1. The lowest BCUT2D eigenvalue weighted by molar-refractivity contribution is 0.603. The van der Waals surface area contributed by atoms with Crippen molar-refractivity contribution in [2.45, 2.75) is 38.6 Å². The molecule has 188 valence electrons. The minimum atomic E-state index is -0.189. The Hall–Kier alpha value is -4.44. The number of imidazole rings is 1. The Labute approximate surface area is 222 Å². The van der Waals surface area contributed by atoms with Crippen LogP contribution < -0.4 is 5.56 Å². The fraction of sp³-hybridized carbons (Fsp3) is 0.214. The predicted octanol–water partition coefficient (Wildman–Crippen LogP) is 5.41. The van der Waals surface area contributed by atoms with Gasteiger partial charge in [0.25, 0.3) is 5.56 Å². The molecular weight excluding hydrogens is 496 g/mol. The van der Waals surface area contributed by atoms with Crippen LogP contribution in [-0.2, 0) is 0 Å². The molecule has 1 fully saturated rings. The Morgan fingerprint density at radius 1 is 1.05 bits per heavy atom. The first-order valence-corrected chi connectivity index (χ1v) is 13.5. The van der Waals surface area contributed by atoms with Crippen molar-refractivity contribution in [2.75, 3.05) is 0 Å². The SMILES string of the molecule is CC(C)n1cnnc1-c1cccc(-n2cnc3cc(-c4ccsc4)c(-n4cnc(C5CC5)c4)cc3c2=O)n1. The lowest BCUT2D eigenvalue weighted by Crippen LogP contribution is -2.20. The molecule has 0 unspecified atom stereocenters. The molecule has 0 spiro atoms. The molecule has 0 amide bonds. The fourth-order valence-electron chi connectivity index (χ4n) is 4.73. The lowest BCUT2D eigenvalue weighted by atomic mass is 10.0. The van der Waals surface area contributed by atoms with Crippen LogP contribution >= 0.6 is 11.3 Å². The number of hydrogen-bond acceptors (Lipinski definition) is 7. The molecule has 0 saturated heterocycles. The van der Waals surface area contributed by atoms with Gasteiger partial charge in [-0.25, -0.2) is 15.0 Å². The summed E-state index contributed by atoms with van der Waals surface area (Å²) < 4.78 is 5.46. The van der Waals surface area contributed by atoms with Gasteiger partial charge in [0.05, 0.1) is 28.6 Å². The number of rotatable bonds is 6. The highest BCUT2D eigenvalue weighted by Crippen LogP contribution is 2.40. The van der Waals surface area contributed by atoms with E-state index in [0.29, 0.717) is 34.2 Å². The van der Waals surface area contributed by atoms with Crippen LogP contribution in [0.4, 0.5) is 0 Å². The van der Waals surface area contributed by atoms with Crippen molar-refractivity contribution in [3.05, 3.63) is 88.4 Å². The molecule has 0 N–H and O–H groups in total. The number of thiophene rings is 1. The molecule has 1 saturated carbocycles. The van der Waals surface area contributed by atoms with Gasteiger partial charge in [-0.3, -0.25) is 9.36 Å². The monoisotopic (exact) mass is 520 g/mol. The highest BCUT2D eigenvalue weighted by atomic mass is 32.1. The Morgan fingerprint density at radius 2 is 1.95 bits per heavy atom. The Morgan fingerprint density at radius 3 is 2.74 bits per heavy atom. The van der Waals surface area contributed by atoms with Gasteiger partial charge in [0.1, 0.15) is 24.2 Å². The van der Waals surface area contributed by atoms with Gasteiger partial charge in [-0.1, -0.05) is 6.07 Å². The van der Waals surface area contributed by atoms with E-state index in [-0.39, 0.29) is 11.6 Å². The number of benzene rings is 1. The third-order valence-corrected chi connectivity index (χ3v) is 7.61. The molecule has 0 atom stereocenters. The summed E-state index contributed by atoms with van der Waals surface area (Å²) in [6, 6.07) is 11.7. The molecule has 0 aliphatic heterocycles. The molecule has 10 heteroatoms. The average molecular weight is 521 g/mol. The second-order valence-corrected chi connectivity index (χ2v) is 10.6. The number of aromatic nitrogens is 8. The first kappa shape index (κ1) is 22.7. The highest BCUT2D eigenvalue weighted by molar-refractivity contribution is 7.08. The van der Waals surface area contributed by atoms with Crippen LogP contribution in [0.3, 0.4) is 0 Å². The van der Waals surface area contributed by atoms with E-state index in [1.54, 1.807) is 30.1 Å². The van der Waals surface area contributed by atoms with Crippen molar-refractivity contribution in [2.24, 2.45) is 0 Å². The third kappa shape index (κ3) is 3.84. The van der Waals surface area contributed by atoms with Crippen molar-refractivity contribution in [3.63, 3.8) is 0 Å². The third-order valence-electron chi connectivity index (χ3n) is 6.92. The summed E-state index contributed by atoms with van der Waals surface area (Å²) in [4.78, 5) is 27.9. The van der Waals surface area contributed by atoms with Crippen LogP contribution in [0.5, 0.6) is 0 Å². The first-order valence-electron chi connectivity index (χ1n) is 12.6. The van der Waals surface area contributed by atoms with Crippen LogP contribution in [0.1, 0.15) is 44.3 Å². The summed E-state index contributed by atoms with van der Waals surface area (Å²) in [5, 5.41) is 13.0. The minimum Gasteiger partial charge on any atom is -0.310 e. The predicted molar refractivity (Wildman–Crippen MR) is 147 cm³/mol. The van der Waals surface area contributed by atoms with Gasteiger partial charge in [-0.2, -0.15) is 11.3 Å². The minimum absolute atomic E-state index is 0.176. The van der Waals surface area contributed by atoms with Crippen LogP contribution in [0.25, 0.3) is 45.1 Å². The van der Waals surface area contributed by atoms with Gasteiger partial charge in [-0.15, -0.1) is 10.2 Å². The van der Waals surface area contributed by atoms with Crippen molar-refractivity contribution in [1.29, 1.82) is 0 Å².